The molecule has 0 fully saturated rings. The molecule has 1 aromatic heterocycles. The Morgan fingerprint density at radius 3 is 2.27 bits per heavy atom. The maximum absolute atomic E-state index is 13.5. The second-order valence-corrected chi connectivity index (χ2v) is 10.5. The number of nitrogens with zero attached hydrogens (tertiary/aromatic N) is 4. The van der Waals surface area contributed by atoms with E-state index in [0.29, 0.717) is 28.4 Å². The maximum atomic E-state index is 13.5. The number of carbonyl (C=O) groups excluding carboxylic acids is 3. The van der Waals surface area contributed by atoms with Crippen molar-refractivity contribution in [3.8, 4) is 5.69 Å². The first kappa shape index (κ1) is 30.8. The highest BCUT2D eigenvalue weighted by molar-refractivity contribution is 6.30. The van der Waals surface area contributed by atoms with Crippen LogP contribution < -0.4 is 10.6 Å². The summed E-state index contributed by atoms with van der Waals surface area (Å²) in [5.74, 6) is -0.610. The number of halogens is 1. The highest BCUT2D eigenvalue weighted by Gasteiger charge is 2.21. The average molecular weight is 621 g/mol. The standard InChI is InChI=1S/C34H29ClN6O4/c35-28-14-17-31(41-23-36-39-40-41)27(21-28)13-18-33(43)38-30(19-24-7-3-1-4-8-24)32(42)20-25-11-15-29(16-12-25)37-34(44)45-22-26-9-5-2-6-10-26/h1-18,21,23,30H,19-20,22H2,(H,37,44)(H,38,43)/b18-13+/t30-/m0/s1. The molecular formula is C34H29ClN6O4. The van der Waals surface area contributed by atoms with Crippen molar-refractivity contribution >= 4 is 41.1 Å². The third kappa shape index (κ3) is 9.19. The summed E-state index contributed by atoms with van der Waals surface area (Å²) in [7, 11) is 0. The van der Waals surface area contributed by atoms with Gasteiger partial charge in [-0.1, -0.05) is 84.4 Å². The lowest BCUT2D eigenvalue weighted by Crippen LogP contribution is -2.42. The Labute approximate surface area is 264 Å². The van der Waals surface area contributed by atoms with Crippen molar-refractivity contribution in [3.63, 3.8) is 0 Å². The molecule has 1 heterocycles. The number of ether oxygens (including phenoxy) is 1. The number of amides is 2. The van der Waals surface area contributed by atoms with Gasteiger partial charge in [-0.25, -0.2) is 4.79 Å². The number of rotatable bonds is 12. The Hall–Kier alpha value is -5.61. The molecule has 0 spiro atoms. The highest BCUT2D eigenvalue weighted by atomic mass is 35.5. The number of carbonyl (C=O) groups is 3. The summed E-state index contributed by atoms with van der Waals surface area (Å²) in [6.45, 7) is 0.155. The fourth-order valence-electron chi connectivity index (χ4n) is 4.53. The Balaban J connectivity index is 1.23. The summed E-state index contributed by atoms with van der Waals surface area (Å²) < 4.78 is 6.73. The van der Waals surface area contributed by atoms with Crippen LogP contribution in [-0.2, 0) is 33.8 Å². The summed E-state index contributed by atoms with van der Waals surface area (Å²) in [5.41, 5.74) is 4.31. The van der Waals surface area contributed by atoms with Gasteiger partial charge < -0.3 is 10.1 Å². The van der Waals surface area contributed by atoms with E-state index in [-0.39, 0.29) is 18.8 Å². The van der Waals surface area contributed by atoms with E-state index >= 15 is 0 Å². The number of hydrogen-bond acceptors (Lipinski definition) is 7. The third-order valence-corrected chi connectivity index (χ3v) is 7.01. The van der Waals surface area contributed by atoms with Crippen LogP contribution in [0.5, 0.6) is 0 Å². The van der Waals surface area contributed by atoms with Crippen LogP contribution >= 0.6 is 11.6 Å². The van der Waals surface area contributed by atoms with Gasteiger partial charge in [0.2, 0.25) is 5.91 Å². The summed E-state index contributed by atoms with van der Waals surface area (Å²) in [5, 5.41) is 17.3. The molecule has 0 aliphatic carbocycles. The average Bonchev–Trinajstić information content (AvgIpc) is 3.59. The zero-order valence-electron chi connectivity index (χ0n) is 24.0. The van der Waals surface area contributed by atoms with Crippen molar-refractivity contribution in [2.24, 2.45) is 0 Å². The van der Waals surface area contributed by atoms with Gasteiger partial charge in [-0.2, -0.15) is 4.68 Å². The van der Waals surface area contributed by atoms with E-state index in [4.69, 9.17) is 16.3 Å². The highest BCUT2D eigenvalue weighted by Crippen LogP contribution is 2.20. The Morgan fingerprint density at radius 2 is 1.58 bits per heavy atom. The predicted molar refractivity (Wildman–Crippen MR) is 171 cm³/mol. The molecule has 0 aliphatic rings. The maximum Gasteiger partial charge on any atom is 0.411 e. The second-order valence-electron chi connectivity index (χ2n) is 10.1. The lowest BCUT2D eigenvalue weighted by molar-refractivity contribution is -0.125. The molecule has 10 nitrogen and oxygen atoms in total. The van der Waals surface area contributed by atoms with Crippen LogP contribution in [0, 0.1) is 0 Å². The number of hydrogen-bond donors (Lipinski definition) is 2. The number of anilines is 1. The van der Waals surface area contributed by atoms with Gasteiger partial charge in [0.25, 0.3) is 0 Å². The summed E-state index contributed by atoms with van der Waals surface area (Å²) in [6, 6.07) is 30.1. The number of benzene rings is 4. The third-order valence-electron chi connectivity index (χ3n) is 6.78. The van der Waals surface area contributed by atoms with Gasteiger partial charge in [0, 0.05) is 28.8 Å². The van der Waals surface area contributed by atoms with Crippen molar-refractivity contribution in [3.05, 3.63) is 143 Å². The van der Waals surface area contributed by atoms with Crippen LogP contribution in [0.3, 0.4) is 0 Å². The van der Waals surface area contributed by atoms with Gasteiger partial charge >= 0.3 is 6.09 Å². The number of nitrogens with one attached hydrogen (secondary N) is 2. The molecule has 4 aromatic carbocycles. The molecule has 2 amide bonds. The van der Waals surface area contributed by atoms with Crippen LogP contribution in [0.2, 0.25) is 5.02 Å². The molecule has 0 saturated carbocycles. The Kier molecular flexibility index (Phi) is 10.4. The molecule has 11 heteroatoms. The van der Waals surface area contributed by atoms with Gasteiger partial charge in [-0.05, 0) is 69.9 Å². The topological polar surface area (TPSA) is 128 Å². The van der Waals surface area contributed by atoms with Gasteiger partial charge in [0.15, 0.2) is 5.78 Å². The Bertz CT molecular complexity index is 1760. The second kappa shape index (κ2) is 15.2. The molecule has 5 aromatic rings. The van der Waals surface area contributed by atoms with Gasteiger partial charge in [0.1, 0.15) is 12.9 Å². The molecule has 0 aliphatic heterocycles. The molecule has 1 atom stereocenters. The molecular weight excluding hydrogens is 592 g/mol. The normalized spacial score (nSPS) is 11.6. The zero-order chi connectivity index (χ0) is 31.4. The quantitative estimate of drug-likeness (QED) is 0.173. The van der Waals surface area contributed by atoms with E-state index in [2.05, 4.69) is 26.2 Å². The fourth-order valence-corrected chi connectivity index (χ4v) is 4.71. The number of Topliss-reactive ketones (excluding diaryl/α,β-unsaturated/α-hetero) is 1. The van der Waals surface area contributed by atoms with E-state index in [1.54, 1.807) is 48.5 Å². The van der Waals surface area contributed by atoms with Crippen LogP contribution in [0.15, 0.2) is 116 Å². The molecule has 226 valence electrons. The first-order valence-electron chi connectivity index (χ1n) is 14.1. The largest absolute Gasteiger partial charge is 0.444 e. The van der Waals surface area contributed by atoms with Gasteiger partial charge in [-0.15, -0.1) is 5.10 Å². The minimum atomic E-state index is -0.784. The molecule has 5 rings (SSSR count). The summed E-state index contributed by atoms with van der Waals surface area (Å²) in [4.78, 5) is 38.8. The van der Waals surface area contributed by atoms with Gasteiger partial charge in [-0.3, -0.25) is 14.9 Å². The number of tetrazole rings is 1. The van der Waals surface area contributed by atoms with E-state index in [1.807, 2.05) is 60.7 Å². The monoisotopic (exact) mass is 620 g/mol. The lowest BCUT2D eigenvalue weighted by Gasteiger charge is -2.17. The van der Waals surface area contributed by atoms with E-state index in [0.717, 1.165) is 16.7 Å². The van der Waals surface area contributed by atoms with Gasteiger partial charge in [0.05, 0.1) is 11.7 Å². The van der Waals surface area contributed by atoms with Crippen LogP contribution in [0.1, 0.15) is 22.3 Å². The predicted octanol–water partition coefficient (Wildman–Crippen LogP) is 5.62. The van der Waals surface area contributed by atoms with E-state index in [1.165, 1.54) is 17.1 Å². The smallest absolute Gasteiger partial charge is 0.411 e. The van der Waals surface area contributed by atoms with E-state index in [9.17, 15) is 14.4 Å². The summed E-state index contributed by atoms with van der Waals surface area (Å²) >= 11 is 6.19. The number of ketones is 1. The SMILES string of the molecule is O=C(/C=C/c1cc(Cl)ccc1-n1cnnn1)N[C@@H](Cc1ccccc1)C(=O)Cc1ccc(NC(=O)OCc2ccccc2)cc1. The van der Waals surface area contributed by atoms with Crippen molar-refractivity contribution < 1.29 is 19.1 Å². The van der Waals surface area contributed by atoms with E-state index < -0.39 is 18.0 Å². The first-order valence-corrected chi connectivity index (χ1v) is 14.5. The molecule has 0 bridgehead atoms. The minimum absolute atomic E-state index is 0.0813. The van der Waals surface area contributed by atoms with Crippen molar-refractivity contribution in [1.82, 2.24) is 25.5 Å². The van der Waals surface area contributed by atoms with Crippen molar-refractivity contribution in [2.75, 3.05) is 5.32 Å². The van der Waals surface area contributed by atoms with Crippen molar-refractivity contribution in [1.29, 1.82) is 0 Å². The molecule has 0 saturated heterocycles. The molecule has 0 radical (unpaired) electrons. The van der Waals surface area contributed by atoms with Crippen LogP contribution in [0.25, 0.3) is 11.8 Å². The van der Waals surface area contributed by atoms with Crippen molar-refractivity contribution in [2.45, 2.75) is 25.5 Å². The molecule has 0 unspecified atom stereocenters. The summed E-state index contributed by atoms with van der Waals surface area (Å²) in [6.07, 6.45) is 4.21. The first-order chi connectivity index (χ1) is 21.9. The van der Waals surface area contributed by atoms with Crippen LogP contribution in [0.4, 0.5) is 10.5 Å². The fraction of sp³-hybridized carbons (Fsp3) is 0.118. The Morgan fingerprint density at radius 1 is 0.867 bits per heavy atom. The zero-order valence-corrected chi connectivity index (χ0v) is 24.8. The number of aromatic nitrogens is 4. The van der Waals surface area contributed by atoms with Crippen LogP contribution in [-0.4, -0.2) is 44.0 Å². The lowest BCUT2D eigenvalue weighted by atomic mass is 9.97. The molecule has 2 N–H and O–H groups in total. The minimum Gasteiger partial charge on any atom is -0.444 e. The molecule has 45 heavy (non-hydrogen) atoms.